The first-order chi connectivity index (χ1) is 11.6. The average Bonchev–Trinajstić information content (AvgIpc) is 3.17. The lowest BCUT2D eigenvalue weighted by Crippen LogP contribution is -2.33. The molecule has 1 aliphatic rings. The van der Waals surface area contributed by atoms with Crippen LogP contribution in [0, 0.1) is 6.92 Å². The number of para-hydroxylation sites is 1. The van der Waals surface area contributed by atoms with Gasteiger partial charge in [0.1, 0.15) is 0 Å². The molecule has 0 bridgehead atoms. The Bertz CT molecular complexity index is 719. The molecule has 4 nitrogen and oxygen atoms in total. The van der Waals surface area contributed by atoms with Gasteiger partial charge in [-0.3, -0.25) is 9.69 Å². The highest BCUT2D eigenvalue weighted by atomic mass is 16.2. The molecule has 1 atom stereocenters. The molecule has 1 amide bonds. The van der Waals surface area contributed by atoms with Crippen LogP contribution in [0.4, 0.5) is 5.69 Å². The van der Waals surface area contributed by atoms with Crippen molar-refractivity contribution in [1.82, 2.24) is 9.47 Å². The van der Waals surface area contributed by atoms with Crippen LogP contribution in [0.5, 0.6) is 0 Å². The summed E-state index contributed by atoms with van der Waals surface area (Å²) >= 11 is 0. The van der Waals surface area contributed by atoms with Gasteiger partial charge in [0, 0.05) is 24.6 Å². The van der Waals surface area contributed by atoms with Crippen LogP contribution < -0.4 is 5.32 Å². The average molecular weight is 325 g/mol. The Morgan fingerprint density at radius 2 is 2.12 bits per heavy atom. The van der Waals surface area contributed by atoms with Gasteiger partial charge in [0.05, 0.1) is 12.6 Å². The van der Waals surface area contributed by atoms with Crippen LogP contribution in [0.2, 0.25) is 0 Å². The SMILES string of the molecule is CCc1cccc(C)c1NC(=O)CN1CCCC1c1cccn1C. The summed E-state index contributed by atoms with van der Waals surface area (Å²) < 4.78 is 2.16. The monoisotopic (exact) mass is 325 g/mol. The van der Waals surface area contributed by atoms with E-state index in [9.17, 15) is 4.79 Å². The van der Waals surface area contributed by atoms with Crippen molar-refractivity contribution < 1.29 is 4.79 Å². The highest BCUT2D eigenvalue weighted by Gasteiger charge is 2.29. The molecule has 128 valence electrons. The molecule has 1 aliphatic heterocycles. The molecule has 24 heavy (non-hydrogen) atoms. The van der Waals surface area contributed by atoms with Crippen molar-refractivity contribution in [2.75, 3.05) is 18.4 Å². The summed E-state index contributed by atoms with van der Waals surface area (Å²) in [5, 5.41) is 3.15. The van der Waals surface area contributed by atoms with E-state index in [0.29, 0.717) is 12.6 Å². The van der Waals surface area contributed by atoms with Gasteiger partial charge in [-0.2, -0.15) is 0 Å². The lowest BCUT2D eigenvalue weighted by molar-refractivity contribution is -0.117. The molecule has 0 saturated carbocycles. The molecule has 0 aliphatic carbocycles. The van der Waals surface area contributed by atoms with Crippen LogP contribution >= 0.6 is 0 Å². The van der Waals surface area contributed by atoms with Gasteiger partial charge >= 0.3 is 0 Å². The lowest BCUT2D eigenvalue weighted by Gasteiger charge is -2.25. The molecule has 4 heteroatoms. The molecule has 1 N–H and O–H groups in total. The number of hydrogen-bond acceptors (Lipinski definition) is 2. The van der Waals surface area contributed by atoms with Crippen LogP contribution in [0.1, 0.15) is 42.6 Å². The fraction of sp³-hybridized carbons (Fsp3) is 0.450. The number of nitrogens with one attached hydrogen (secondary N) is 1. The Balaban J connectivity index is 1.70. The minimum absolute atomic E-state index is 0.0834. The fourth-order valence-corrected chi connectivity index (χ4v) is 3.74. The van der Waals surface area contributed by atoms with Crippen LogP contribution in [0.25, 0.3) is 0 Å². The molecule has 2 aromatic rings. The summed E-state index contributed by atoms with van der Waals surface area (Å²) in [7, 11) is 2.08. The van der Waals surface area contributed by atoms with E-state index < -0.39 is 0 Å². The summed E-state index contributed by atoms with van der Waals surface area (Å²) in [6, 6.07) is 10.8. The van der Waals surface area contributed by atoms with Gasteiger partial charge in [-0.05, 0) is 56.0 Å². The second-order valence-corrected chi connectivity index (χ2v) is 6.68. The van der Waals surface area contributed by atoms with E-state index in [0.717, 1.165) is 37.1 Å². The van der Waals surface area contributed by atoms with Crippen molar-refractivity contribution in [3.8, 4) is 0 Å². The van der Waals surface area contributed by atoms with E-state index in [4.69, 9.17) is 0 Å². The molecule has 1 unspecified atom stereocenters. The zero-order valence-electron chi connectivity index (χ0n) is 14.9. The van der Waals surface area contributed by atoms with E-state index >= 15 is 0 Å². The van der Waals surface area contributed by atoms with E-state index in [-0.39, 0.29) is 5.91 Å². The Morgan fingerprint density at radius 1 is 1.29 bits per heavy atom. The van der Waals surface area contributed by atoms with Gasteiger partial charge in [-0.15, -0.1) is 0 Å². The van der Waals surface area contributed by atoms with E-state index in [1.807, 2.05) is 0 Å². The highest BCUT2D eigenvalue weighted by molar-refractivity contribution is 5.93. The third-order valence-corrected chi connectivity index (χ3v) is 5.04. The first-order valence-electron chi connectivity index (χ1n) is 8.83. The predicted molar refractivity (Wildman–Crippen MR) is 98.1 cm³/mol. The van der Waals surface area contributed by atoms with Gasteiger partial charge in [0.25, 0.3) is 0 Å². The standard InChI is InChI=1S/C20H27N3O/c1-4-16-9-5-8-15(2)20(16)21-19(24)14-23-13-7-11-18(23)17-10-6-12-22(17)3/h5-6,8-10,12,18H,4,7,11,13-14H2,1-3H3,(H,21,24). The number of anilines is 1. The van der Waals surface area contributed by atoms with Crippen LogP contribution in [-0.2, 0) is 18.3 Å². The first kappa shape index (κ1) is 16.8. The number of rotatable bonds is 5. The number of carbonyl (C=O) groups excluding carboxylic acids is 1. The van der Waals surface area contributed by atoms with Gasteiger partial charge < -0.3 is 9.88 Å². The largest absolute Gasteiger partial charge is 0.353 e. The van der Waals surface area contributed by atoms with Crippen molar-refractivity contribution in [1.29, 1.82) is 0 Å². The number of likely N-dealkylation sites (tertiary alicyclic amines) is 1. The zero-order chi connectivity index (χ0) is 17.1. The maximum absolute atomic E-state index is 12.6. The molecular formula is C20H27N3O. The van der Waals surface area contributed by atoms with E-state index in [2.05, 4.69) is 72.2 Å². The molecule has 1 aromatic heterocycles. The van der Waals surface area contributed by atoms with Gasteiger partial charge in [-0.1, -0.05) is 25.1 Å². The predicted octanol–water partition coefficient (Wildman–Crippen LogP) is 3.67. The van der Waals surface area contributed by atoms with Crippen molar-refractivity contribution in [3.05, 3.63) is 53.3 Å². The highest BCUT2D eigenvalue weighted by Crippen LogP contribution is 2.31. The van der Waals surface area contributed by atoms with Crippen molar-refractivity contribution in [3.63, 3.8) is 0 Å². The number of amides is 1. The van der Waals surface area contributed by atoms with E-state index in [1.165, 1.54) is 11.3 Å². The summed E-state index contributed by atoms with van der Waals surface area (Å²) in [6.45, 7) is 5.61. The van der Waals surface area contributed by atoms with Crippen LogP contribution in [-0.4, -0.2) is 28.5 Å². The molecule has 1 fully saturated rings. The minimum Gasteiger partial charge on any atom is -0.353 e. The Kier molecular flexibility index (Phi) is 5.05. The molecule has 1 aromatic carbocycles. The number of aromatic nitrogens is 1. The van der Waals surface area contributed by atoms with Gasteiger partial charge in [0.15, 0.2) is 0 Å². The lowest BCUT2D eigenvalue weighted by atomic mass is 10.1. The zero-order valence-corrected chi connectivity index (χ0v) is 14.9. The third-order valence-electron chi connectivity index (χ3n) is 5.04. The molecule has 0 spiro atoms. The summed E-state index contributed by atoms with van der Waals surface area (Å²) in [5.74, 6) is 0.0834. The Morgan fingerprint density at radius 3 is 2.83 bits per heavy atom. The molecule has 0 radical (unpaired) electrons. The number of benzene rings is 1. The van der Waals surface area contributed by atoms with Crippen LogP contribution in [0.15, 0.2) is 36.5 Å². The fourth-order valence-electron chi connectivity index (χ4n) is 3.74. The van der Waals surface area contributed by atoms with Gasteiger partial charge in [0.2, 0.25) is 5.91 Å². The number of carbonyl (C=O) groups is 1. The number of nitrogens with zero attached hydrogens (tertiary/aromatic N) is 2. The van der Waals surface area contributed by atoms with Crippen LogP contribution in [0.3, 0.4) is 0 Å². The van der Waals surface area contributed by atoms with Gasteiger partial charge in [-0.25, -0.2) is 0 Å². The molecular weight excluding hydrogens is 298 g/mol. The minimum atomic E-state index is 0.0834. The second-order valence-electron chi connectivity index (χ2n) is 6.68. The van der Waals surface area contributed by atoms with Crippen molar-refractivity contribution >= 4 is 11.6 Å². The van der Waals surface area contributed by atoms with E-state index in [1.54, 1.807) is 0 Å². The summed E-state index contributed by atoms with van der Waals surface area (Å²) in [6.07, 6.45) is 5.27. The molecule has 2 heterocycles. The number of aryl methyl sites for hydroxylation is 3. The van der Waals surface area contributed by atoms with Crippen molar-refractivity contribution in [2.24, 2.45) is 7.05 Å². The molecule has 1 saturated heterocycles. The smallest absolute Gasteiger partial charge is 0.238 e. The van der Waals surface area contributed by atoms with Crippen molar-refractivity contribution in [2.45, 2.75) is 39.2 Å². The first-order valence-corrected chi connectivity index (χ1v) is 8.83. The number of hydrogen-bond donors (Lipinski definition) is 1. The maximum atomic E-state index is 12.6. The Hall–Kier alpha value is -2.07. The summed E-state index contributed by atoms with van der Waals surface area (Å²) in [4.78, 5) is 14.9. The topological polar surface area (TPSA) is 37.3 Å². The molecule has 3 rings (SSSR count). The Labute approximate surface area is 144 Å². The second kappa shape index (κ2) is 7.22. The normalized spacial score (nSPS) is 18.0. The maximum Gasteiger partial charge on any atom is 0.238 e. The quantitative estimate of drug-likeness (QED) is 0.911. The third kappa shape index (κ3) is 3.39. The summed E-state index contributed by atoms with van der Waals surface area (Å²) in [5.41, 5.74) is 4.61.